The summed E-state index contributed by atoms with van der Waals surface area (Å²) in [4.78, 5) is 2.41. The molecule has 0 spiro atoms. The fourth-order valence-corrected chi connectivity index (χ4v) is 2.46. The van der Waals surface area contributed by atoms with Crippen LogP contribution in [0, 0.1) is 0 Å². The van der Waals surface area contributed by atoms with E-state index in [4.69, 9.17) is 0 Å². The van der Waals surface area contributed by atoms with Crippen LogP contribution in [0.15, 0.2) is 24.3 Å². The van der Waals surface area contributed by atoms with Gasteiger partial charge in [-0.25, -0.2) is 8.78 Å². The van der Waals surface area contributed by atoms with Crippen molar-refractivity contribution in [2.45, 2.75) is 38.9 Å². The number of halogens is 3. The van der Waals surface area contributed by atoms with Crippen LogP contribution in [-0.2, 0) is 6.54 Å². The van der Waals surface area contributed by atoms with Crippen molar-refractivity contribution in [3.05, 3.63) is 35.4 Å². The summed E-state index contributed by atoms with van der Waals surface area (Å²) in [5.74, 6) is 0. The maximum absolute atomic E-state index is 12.5. The van der Waals surface area contributed by atoms with Crippen LogP contribution in [-0.4, -0.2) is 30.1 Å². The fourth-order valence-electron chi connectivity index (χ4n) is 2.46. The molecule has 2 nitrogen and oxygen atoms in total. The van der Waals surface area contributed by atoms with E-state index < -0.39 is 6.43 Å². The molecule has 0 amide bonds. The van der Waals surface area contributed by atoms with Crippen molar-refractivity contribution < 1.29 is 8.78 Å². The van der Waals surface area contributed by atoms with Crippen molar-refractivity contribution in [2.75, 3.05) is 13.1 Å². The van der Waals surface area contributed by atoms with E-state index in [0.29, 0.717) is 12.1 Å². The van der Waals surface area contributed by atoms with Gasteiger partial charge in [-0.3, -0.25) is 4.90 Å². The molecular formula is C14H21ClF2N2. The van der Waals surface area contributed by atoms with Crippen molar-refractivity contribution in [1.29, 1.82) is 0 Å². The van der Waals surface area contributed by atoms with Gasteiger partial charge >= 0.3 is 0 Å². The minimum absolute atomic E-state index is 0. The topological polar surface area (TPSA) is 15.3 Å². The van der Waals surface area contributed by atoms with Crippen molar-refractivity contribution in [3.8, 4) is 0 Å². The average Bonchev–Trinajstić information content (AvgIpc) is 2.34. The average molecular weight is 291 g/mol. The van der Waals surface area contributed by atoms with Crippen molar-refractivity contribution in [2.24, 2.45) is 0 Å². The van der Waals surface area contributed by atoms with Gasteiger partial charge in [-0.05, 0) is 19.4 Å². The van der Waals surface area contributed by atoms with Gasteiger partial charge < -0.3 is 5.32 Å². The third kappa shape index (κ3) is 4.13. The maximum Gasteiger partial charge on any atom is 0.263 e. The molecule has 2 rings (SSSR count). The summed E-state index contributed by atoms with van der Waals surface area (Å²) in [5.41, 5.74) is 1.19. The van der Waals surface area contributed by atoms with E-state index in [1.54, 1.807) is 0 Å². The Morgan fingerprint density at radius 3 is 2.16 bits per heavy atom. The standard InChI is InChI=1S/C14H20F2N2.ClH/c1-10-7-17-8-11(2)18(10)9-12-3-5-13(6-4-12)14(15)16;/h3-6,10-11,14,17H,7-9H2,1-2H3;1H/t10-,11+;. The second-order valence-corrected chi connectivity index (χ2v) is 5.07. The van der Waals surface area contributed by atoms with Crippen LogP contribution in [0.1, 0.15) is 31.4 Å². The lowest BCUT2D eigenvalue weighted by atomic mass is 10.1. The number of piperazine rings is 1. The highest BCUT2D eigenvalue weighted by Crippen LogP contribution is 2.20. The van der Waals surface area contributed by atoms with E-state index in [0.717, 1.165) is 25.2 Å². The van der Waals surface area contributed by atoms with Gasteiger partial charge in [0.05, 0.1) is 0 Å². The molecule has 5 heteroatoms. The van der Waals surface area contributed by atoms with Gasteiger partial charge in [-0.2, -0.15) is 0 Å². The Balaban J connectivity index is 0.00000180. The lowest BCUT2D eigenvalue weighted by Crippen LogP contribution is -2.54. The molecule has 0 aromatic heterocycles. The second kappa shape index (κ2) is 7.17. The summed E-state index contributed by atoms with van der Waals surface area (Å²) < 4.78 is 24.9. The van der Waals surface area contributed by atoms with Crippen LogP contribution < -0.4 is 5.32 Å². The monoisotopic (exact) mass is 290 g/mol. The van der Waals surface area contributed by atoms with Gasteiger partial charge in [-0.1, -0.05) is 24.3 Å². The number of rotatable bonds is 3. The summed E-state index contributed by atoms with van der Waals surface area (Å²) in [6, 6.07) is 7.62. The third-order valence-corrected chi connectivity index (χ3v) is 3.61. The first kappa shape index (κ1) is 16.3. The molecule has 1 aliphatic heterocycles. The molecule has 0 radical (unpaired) electrons. The summed E-state index contributed by atoms with van der Waals surface area (Å²) in [6.07, 6.45) is -2.38. The zero-order valence-electron chi connectivity index (χ0n) is 11.3. The zero-order chi connectivity index (χ0) is 13.1. The molecular weight excluding hydrogens is 270 g/mol. The first-order chi connectivity index (χ1) is 8.58. The molecule has 1 fully saturated rings. The first-order valence-corrected chi connectivity index (χ1v) is 6.41. The molecule has 19 heavy (non-hydrogen) atoms. The normalized spacial score (nSPS) is 24.3. The molecule has 1 aromatic carbocycles. The smallest absolute Gasteiger partial charge is 0.263 e. The molecule has 2 atom stereocenters. The van der Waals surface area contributed by atoms with Crippen LogP contribution in [0.5, 0.6) is 0 Å². The number of benzene rings is 1. The SMILES string of the molecule is C[C@@H]1CNC[C@H](C)N1Cc1ccc(C(F)F)cc1.Cl. The second-order valence-electron chi connectivity index (χ2n) is 5.07. The quantitative estimate of drug-likeness (QED) is 0.919. The van der Waals surface area contributed by atoms with Gasteiger partial charge in [0, 0.05) is 37.3 Å². The minimum atomic E-state index is -2.38. The van der Waals surface area contributed by atoms with Crippen LogP contribution in [0.3, 0.4) is 0 Å². The van der Waals surface area contributed by atoms with Crippen LogP contribution in [0.2, 0.25) is 0 Å². The van der Waals surface area contributed by atoms with Gasteiger partial charge in [0.15, 0.2) is 0 Å². The summed E-state index contributed by atoms with van der Waals surface area (Å²) in [5, 5.41) is 3.38. The van der Waals surface area contributed by atoms with Gasteiger partial charge in [0.1, 0.15) is 0 Å². The fraction of sp³-hybridized carbons (Fsp3) is 0.571. The van der Waals surface area contributed by atoms with E-state index in [-0.39, 0.29) is 18.0 Å². The molecule has 0 bridgehead atoms. The van der Waals surface area contributed by atoms with Crippen molar-refractivity contribution in [1.82, 2.24) is 10.2 Å². The molecule has 108 valence electrons. The van der Waals surface area contributed by atoms with Gasteiger partial charge in [0.2, 0.25) is 0 Å². The van der Waals surface area contributed by atoms with E-state index in [2.05, 4.69) is 24.1 Å². The minimum Gasteiger partial charge on any atom is -0.314 e. The highest BCUT2D eigenvalue weighted by atomic mass is 35.5. The van der Waals surface area contributed by atoms with E-state index in [1.807, 2.05) is 12.1 Å². The number of hydrogen-bond acceptors (Lipinski definition) is 2. The van der Waals surface area contributed by atoms with E-state index in [9.17, 15) is 8.78 Å². The first-order valence-electron chi connectivity index (χ1n) is 6.41. The number of nitrogens with one attached hydrogen (secondary N) is 1. The molecule has 0 saturated carbocycles. The van der Waals surface area contributed by atoms with Crippen molar-refractivity contribution >= 4 is 12.4 Å². The van der Waals surface area contributed by atoms with Crippen molar-refractivity contribution in [3.63, 3.8) is 0 Å². The molecule has 0 aliphatic carbocycles. The summed E-state index contributed by atoms with van der Waals surface area (Å²) >= 11 is 0. The van der Waals surface area contributed by atoms with Crippen LogP contribution in [0.25, 0.3) is 0 Å². The number of hydrogen-bond donors (Lipinski definition) is 1. The summed E-state index contributed by atoms with van der Waals surface area (Å²) in [6.45, 7) is 7.18. The van der Waals surface area contributed by atoms with Gasteiger partial charge in [0.25, 0.3) is 6.43 Å². The number of alkyl halides is 2. The Hall–Kier alpha value is -0.710. The Morgan fingerprint density at radius 2 is 1.68 bits per heavy atom. The maximum atomic E-state index is 12.5. The highest BCUT2D eigenvalue weighted by molar-refractivity contribution is 5.85. The predicted molar refractivity (Wildman–Crippen MR) is 76.0 cm³/mol. The molecule has 1 N–H and O–H groups in total. The molecule has 1 saturated heterocycles. The molecule has 1 aromatic rings. The lowest BCUT2D eigenvalue weighted by molar-refractivity contribution is 0.108. The molecule has 1 heterocycles. The number of nitrogens with zero attached hydrogens (tertiary/aromatic N) is 1. The Bertz CT molecular complexity index is 374. The van der Waals surface area contributed by atoms with Gasteiger partial charge in [-0.15, -0.1) is 12.4 Å². The zero-order valence-corrected chi connectivity index (χ0v) is 12.1. The largest absolute Gasteiger partial charge is 0.314 e. The van der Waals surface area contributed by atoms with E-state index in [1.165, 1.54) is 12.1 Å². The third-order valence-electron chi connectivity index (χ3n) is 3.61. The van der Waals surface area contributed by atoms with Crippen LogP contribution in [0.4, 0.5) is 8.78 Å². The Morgan fingerprint density at radius 1 is 1.16 bits per heavy atom. The van der Waals surface area contributed by atoms with E-state index >= 15 is 0 Å². The summed E-state index contributed by atoms with van der Waals surface area (Å²) in [7, 11) is 0. The Labute approximate surface area is 119 Å². The predicted octanol–water partition coefficient (Wildman–Crippen LogP) is 3.23. The lowest BCUT2D eigenvalue weighted by Gasteiger charge is -2.39. The Kier molecular flexibility index (Phi) is 6.17. The molecule has 1 aliphatic rings. The molecule has 0 unspecified atom stereocenters. The highest BCUT2D eigenvalue weighted by Gasteiger charge is 2.24. The van der Waals surface area contributed by atoms with Crippen LogP contribution >= 0.6 is 12.4 Å².